The maximum atomic E-state index is 10.5. The molecule has 0 unspecified atom stereocenters. The van der Waals surface area contributed by atoms with Gasteiger partial charge >= 0.3 is 5.97 Å². The average Bonchev–Trinajstić information content (AvgIpc) is 2.19. The molecule has 0 saturated carbocycles. The fourth-order valence-corrected chi connectivity index (χ4v) is 0.891. The van der Waals surface area contributed by atoms with Crippen molar-refractivity contribution in [1.29, 1.82) is 0 Å². The Morgan fingerprint density at radius 2 is 2.14 bits per heavy atom. The van der Waals surface area contributed by atoms with Crippen LogP contribution in [-0.2, 0) is 0 Å². The van der Waals surface area contributed by atoms with E-state index in [4.69, 9.17) is 9.84 Å². The van der Waals surface area contributed by atoms with Crippen molar-refractivity contribution in [2.45, 2.75) is 0 Å². The van der Waals surface area contributed by atoms with Crippen molar-refractivity contribution in [3.63, 3.8) is 0 Å². The van der Waals surface area contributed by atoms with Crippen molar-refractivity contribution in [1.82, 2.24) is 0 Å². The third kappa shape index (κ3) is 2.81. The van der Waals surface area contributed by atoms with E-state index >= 15 is 0 Å². The Balaban J connectivity index is 2.64. The van der Waals surface area contributed by atoms with E-state index in [-0.39, 0.29) is 5.56 Å². The van der Waals surface area contributed by atoms with Gasteiger partial charge in [0.2, 0.25) is 0 Å². The van der Waals surface area contributed by atoms with Gasteiger partial charge in [-0.1, -0.05) is 6.58 Å². The topological polar surface area (TPSA) is 46.5 Å². The van der Waals surface area contributed by atoms with Gasteiger partial charge in [-0.25, -0.2) is 4.79 Å². The summed E-state index contributed by atoms with van der Waals surface area (Å²) < 4.78 is 5.23. The van der Waals surface area contributed by atoms with E-state index in [2.05, 4.69) is 12.3 Å². The molecule has 0 aliphatic rings. The van der Waals surface area contributed by atoms with Crippen molar-refractivity contribution in [2.24, 2.45) is 0 Å². The predicted molar refractivity (Wildman–Crippen MR) is 52.6 cm³/mol. The van der Waals surface area contributed by atoms with Gasteiger partial charge in [0, 0.05) is 0 Å². The van der Waals surface area contributed by atoms with E-state index in [0.717, 1.165) is 0 Å². The summed E-state index contributed by atoms with van der Waals surface area (Å²) in [6.07, 6.45) is 1.64. The van der Waals surface area contributed by atoms with Crippen molar-refractivity contribution in [3.8, 4) is 5.75 Å². The summed E-state index contributed by atoms with van der Waals surface area (Å²) in [4.78, 5) is 10.5. The predicted octanol–water partition coefficient (Wildman–Crippen LogP) is 2.10. The molecule has 0 aliphatic carbocycles. The highest BCUT2D eigenvalue weighted by molar-refractivity contribution is 5.87. The third-order valence-electron chi connectivity index (χ3n) is 1.58. The van der Waals surface area contributed by atoms with Crippen LogP contribution in [0.25, 0.3) is 0 Å². The number of carboxylic acid groups (broad SMARTS) is 1. The Labute approximate surface area is 81.9 Å². The molecule has 0 spiro atoms. The van der Waals surface area contributed by atoms with Crippen molar-refractivity contribution in [3.05, 3.63) is 48.2 Å². The lowest BCUT2D eigenvalue weighted by atomic mass is 10.2. The smallest absolute Gasteiger partial charge is 0.335 e. The monoisotopic (exact) mass is 190 g/mol. The number of ether oxygens (including phenoxy) is 1. The van der Waals surface area contributed by atoms with Gasteiger partial charge in [0.1, 0.15) is 12.4 Å². The highest BCUT2D eigenvalue weighted by Gasteiger charge is 2.01. The van der Waals surface area contributed by atoms with Crippen LogP contribution in [0.5, 0.6) is 5.75 Å². The first-order chi connectivity index (χ1) is 6.74. The van der Waals surface area contributed by atoms with Crippen LogP contribution in [0.4, 0.5) is 0 Å². The van der Waals surface area contributed by atoms with E-state index < -0.39 is 5.97 Å². The molecule has 0 amide bonds. The first kappa shape index (κ1) is 10.1. The van der Waals surface area contributed by atoms with Gasteiger partial charge in [-0.3, -0.25) is 0 Å². The zero-order chi connectivity index (χ0) is 10.4. The molecule has 1 aromatic rings. The van der Waals surface area contributed by atoms with E-state index in [9.17, 15) is 4.79 Å². The van der Waals surface area contributed by atoms with Crippen LogP contribution in [0, 0.1) is 0 Å². The van der Waals surface area contributed by atoms with Crippen LogP contribution in [0.2, 0.25) is 0 Å². The first-order valence-corrected chi connectivity index (χ1v) is 4.04. The Morgan fingerprint density at radius 3 is 2.64 bits per heavy atom. The largest absolute Gasteiger partial charge is 0.489 e. The molecule has 0 aromatic heterocycles. The summed E-state index contributed by atoms with van der Waals surface area (Å²) in [7, 11) is 0. The highest BCUT2D eigenvalue weighted by atomic mass is 16.5. The number of carboxylic acids is 1. The molecule has 3 nitrogen and oxygen atoms in total. The number of carbonyl (C=O) groups is 1. The summed E-state index contributed by atoms with van der Waals surface area (Å²) in [5, 5.41) is 8.62. The molecular formula is C11H10O3. The maximum absolute atomic E-state index is 10.5. The second kappa shape index (κ2) is 4.90. The summed E-state index contributed by atoms with van der Waals surface area (Å²) in [5.74, 6) is -0.316. The van der Waals surface area contributed by atoms with Gasteiger partial charge in [0.05, 0.1) is 5.56 Å². The van der Waals surface area contributed by atoms with Crippen LogP contribution in [-0.4, -0.2) is 17.7 Å². The molecule has 0 atom stereocenters. The Kier molecular flexibility index (Phi) is 3.53. The second-order valence-corrected chi connectivity index (χ2v) is 2.55. The lowest BCUT2D eigenvalue weighted by Gasteiger charge is -2.02. The van der Waals surface area contributed by atoms with Crippen molar-refractivity contribution in [2.75, 3.05) is 6.61 Å². The molecule has 0 heterocycles. The van der Waals surface area contributed by atoms with Crippen molar-refractivity contribution >= 4 is 5.97 Å². The van der Waals surface area contributed by atoms with E-state index in [1.165, 1.54) is 12.1 Å². The summed E-state index contributed by atoms with van der Waals surface area (Å²) in [6.45, 7) is 3.78. The normalized spacial score (nSPS) is 8.86. The Hall–Kier alpha value is -1.99. The molecule has 0 saturated heterocycles. The molecule has 0 bridgehead atoms. The molecule has 1 aromatic carbocycles. The zero-order valence-electron chi connectivity index (χ0n) is 7.56. The quantitative estimate of drug-likeness (QED) is 0.739. The molecule has 14 heavy (non-hydrogen) atoms. The molecule has 0 aliphatic heterocycles. The summed E-state index contributed by atoms with van der Waals surface area (Å²) in [6, 6.07) is 6.21. The third-order valence-corrected chi connectivity index (χ3v) is 1.58. The van der Waals surface area contributed by atoms with Gasteiger partial charge in [0.15, 0.2) is 0 Å². The molecule has 72 valence electrons. The molecule has 3 heteroatoms. The lowest BCUT2D eigenvalue weighted by molar-refractivity contribution is 0.0697. The van der Waals surface area contributed by atoms with Crippen LogP contribution in [0.3, 0.4) is 0 Å². The number of benzene rings is 1. The Bertz CT molecular complexity index is 359. The van der Waals surface area contributed by atoms with Crippen LogP contribution in [0.15, 0.2) is 42.7 Å². The molecule has 1 N–H and O–H groups in total. The standard InChI is InChI=1S/C11H10O3/c1-2-3-8-14-10-6-4-9(5-7-10)11(12)13/h3-7H,1,8H2,(H,12,13). The minimum Gasteiger partial charge on any atom is -0.489 e. The van der Waals surface area contributed by atoms with Gasteiger partial charge in [-0.2, -0.15) is 0 Å². The van der Waals surface area contributed by atoms with Crippen LogP contribution >= 0.6 is 0 Å². The van der Waals surface area contributed by atoms with Gasteiger partial charge < -0.3 is 9.84 Å². The zero-order valence-corrected chi connectivity index (χ0v) is 7.56. The number of hydrogen-bond acceptors (Lipinski definition) is 2. The van der Waals surface area contributed by atoms with E-state index in [1.54, 1.807) is 18.2 Å². The first-order valence-electron chi connectivity index (χ1n) is 4.04. The highest BCUT2D eigenvalue weighted by Crippen LogP contribution is 2.11. The lowest BCUT2D eigenvalue weighted by Crippen LogP contribution is -1.97. The molecule has 0 fully saturated rings. The number of rotatable bonds is 4. The maximum Gasteiger partial charge on any atom is 0.335 e. The summed E-state index contributed by atoms with van der Waals surface area (Å²) in [5.41, 5.74) is 2.82. The summed E-state index contributed by atoms with van der Waals surface area (Å²) >= 11 is 0. The Morgan fingerprint density at radius 1 is 1.50 bits per heavy atom. The molecule has 0 radical (unpaired) electrons. The van der Waals surface area contributed by atoms with E-state index in [1.807, 2.05) is 0 Å². The average molecular weight is 190 g/mol. The van der Waals surface area contributed by atoms with Gasteiger partial charge in [-0.15, -0.1) is 5.73 Å². The second-order valence-electron chi connectivity index (χ2n) is 2.55. The minimum absolute atomic E-state index is 0.247. The number of hydrogen-bond donors (Lipinski definition) is 1. The van der Waals surface area contributed by atoms with Crippen molar-refractivity contribution < 1.29 is 14.6 Å². The molecular weight excluding hydrogens is 180 g/mol. The van der Waals surface area contributed by atoms with Gasteiger partial charge in [-0.05, 0) is 30.3 Å². The van der Waals surface area contributed by atoms with Gasteiger partial charge in [0.25, 0.3) is 0 Å². The SMILES string of the molecule is C=C=CCOc1ccc(C(=O)O)cc1. The van der Waals surface area contributed by atoms with Crippen LogP contribution in [0.1, 0.15) is 10.4 Å². The molecule has 1 rings (SSSR count). The fourth-order valence-electron chi connectivity index (χ4n) is 0.891. The number of aromatic carboxylic acids is 1. The van der Waals surface area contributed by atoms with Crippen LogP contribution < -0.4 is 4.74 Å². The fraction of sp³-hybridized carbons (Fsp3) is 0.0909. The minimum atomic E-state index is -0.942. The van der Waals surface area contributed by atoms with E-state index in [0.29, 0.717) is 12.4 Å².